The van der Waals surface area contributed by atoms with Crippen LogP contribution in [-0.2, 0) is 30.4 Å². The van der Waals surface area contributed by atoms with Crippen LogP contribution in [0.5, 0.6) is 0 Å². The number of esters is 1. The molecule has 2 atom stereocenters. The molecule has 1 unspecified atom stereocenters. The van der Waals surface area contributed by atoms with Gasteiger partial charge in [-0.05, 0) is 39.2 Å². The van der Waals surface area contributed by atoms with Crippen LogP contribution < -0.4 is 10.6 Å². The van der Waals surface area contributed by atoms with Gasteiger partial charge in [-0.2, -0.15) is 0 Å². The van der Waals surface area contributed by atoms with Gasteiger partial charge in [0, 0.05) is 6.54 Å². The minimum absolute atomic E-state index is 0.0335. The molecule has 1 heterocycles. The van der Waals surface area contributed by atoms with E-state index in [4.69, 9.17) is 14.2 Å². The molecule has 10 heteroatoms. The molecule has 0 aromatic heterocycles. The van der Waals surface area contributed by atoms with Crippen LogP contribution in [0.1, 0.15) is 39.2 Å². The van der Waals surface area contributed by atoms with E-state index in [1.807, 2.05) is 30.3 Å². The van der Waals surface area contributed by atoms with Gasteiger partial charge >= 0.3 is 18.2 Å². The van der Waals surface area contributed by atoms with E-state index in [-0.39, 0.29) is 19.8 Å². The quantitative estimate of drug-likeness (QED) is 0.320. The van der Waals surface area contributed by atoms with E-state index in [2.05, 4.69) is 17.2 Å². The minimum atomic E-state index is -1.17. The Bertz CT molecular complexity index is 867. The summed E-state index contributed by atoms with van der Waals surface area (Å²) in [6.45, 7) is 8.72. The maximum Gasteiger partial charge on any atom is 0.408 e. The molecule has 1 aliphatic rings. The van der Waals surface area contributed by atoms with Crippen LogP contribution in [0, 0.1) is 0 Å². The number of alkyl carbamates (subject to hydrolysis) is 2. The first kappa shape index (κ1) is 26.7. The lowest BCUT2D eigenvalue weighted by molar-refractivity contribution is -0.153. The van der Waals surface area contributed by atoms with E-state index in [0.29, 0.717) is 19.4 Å². The molecule has 2 N–H and O–H groups in total. The first-order valence-corrected chi connectivity index (χ1v) is 11.1. The summed E-state index contributed by atoms with van der Waals surface area (Å²) in [6.07, 6.45) is 0.904. The maximum atomic E-state index is 13.3. The molecule has 1 fully saturated rings. The highest BCUT2D eigenvalue weighted by Crippen LogP contribution is 2.20. The van der Waals surface area contributed by atoms with Crippen LogP contribution in [0.25, 0.3) is 0 Å². The smallest absolute Gasteiger partial charge is 0.408 e. The van der Waals surface area contributed by atoms with Gasteiger partial charge in [0.2, 0.25) is 5.91 Å². The van der Waals surface area contributed by atoms with Crippen molar-refractivity contribution in [3.8, 4) is 0 Å². The lowest BCUT2D eigenvalue weighted by Gasteiger charge is -2.29. The Morgan fingerprint density at radius 2 is 1.85 bits per heavy atom. The van der Waals surface area contributed by atoms with Crippen LogP contribution in [0.15, 0.2) is 43.0 Å². The van der Waals surface area contributed by atoms with Gasteiger partial charge in [-0.1, -0.05) is 43.0 Å². The number of carbonyl (C=O) groups excluding carboxylic acids is 4. The Morgan fingerprint density at radius 3 is 2.50 bits per heavy atom. The van der Waals surface area contributed by atoms with Crippen molar-refractivity contribution in [3.05, 3.63) is 48.6 Å². The third-order valence-corrected chi connectivity index (χ3v) is 4.80. The predicted octanol–water partition coefficient (Wildman–Crippen LogP) is 2.53. The van der Waals surface area contributed by atoms with Gasteiger partial charge in [-0.3, -0.25) is 4.79 Å². The molecular formula is C24H33N3O7. The number of rotatable bonds is 9. The molecule has 0 bridgehead atoms. The number of likely N-dealkylation sites (tertiary alicyclic amines) is 1. The molecule has 0 saturated carbocycles. The second-order valence-electron chi connectivity index (χ2n) is 8.75. The number of carbonyl (C=O) groups is 4. The molecule has 3 amide bonds. The second-order valence-corrected chi connectivity index (χ2v) is 8.75. The number of nitrogens with zero attached hydrogens (tertiary/aromatic N) is 1. The van der Waals surface area contributed by atoms with E-state index >= 15 is 0 Å². The number of hydrogen-bond donors (Lipinski definition) is 2. The number of benzene rings is 1. The zero-order valence-electron chi connectivity index (χ0n) is 19.9. The standard InChI is InChI=1S/C24H33N3O7/c1-5-14-32-21(29)19-12-9-13-27(19)20(28)18(26-23(31)34-24(2,3)4)15-25-22(30)33-16-17-10-7-6-8-11-17/h5-8,10-11,18-19H,1,9,12-16H2,2-4H3,(H,25,30)(H,26,31)/t18-,19?/m0/s1. The predicted molar refractivity (Wildman–Crippen MR) is 124 cm³/mol. The van der Waals surface area contributed by atoms with Crippen molar-refractivity contribution >= 4 is 24.1 Å². The summed E-state index contributed by atoms with van der Waals surface area (Å²) in [5.74, 6) is -1.08. The molecule has 0 spiro atoms. The van der Waals surface area contributed by atoms with Crippen molar-refractivity contribution in [3.63, 3.8) is 0 Å². The summed E-state index contributed by atoms with van der Waals surface area (Å²) >= 11 is 0. The Balaban J connectivity index is 2.04. The first-order valence-electron chi connectivity index (χ1n) is 11.1. The van der Waals surface area contributed by atoms with E-state index in [9.17, 15) is 19.2 Å². The molecule has 1 aliphatic heterocycles. The van der Waals surface area contributed by atoms with Gasteiger partial charge in [-0.15, -0.1) is 0 Å². The molecule has 186 valence electrons. The van der Waals surface area contributed by atoms with Crippen molar-refractivity contribution in [2.75, 3.05) is 19.7 Å². The third-order valence-electron chi connectivity index (χ3n) is 4.80. The fourth-order valence-corrected chi connectivity index (χ4v) is 3.32. The third kappa shape index (κ3) is 8.76. The van der Waals surface area contributed by atoms with Crippen LogP contribution in [-0.4, -0.2) is 66.3 Å². The normalized spacial score (nSPS) is 16.2. The van der Waals surface area contributed by atoms with E-state index in [0.717, 1.165) is 5.56 Å². The van der Waals surface area contributed by atoms with Gasteiger partial charge in [0.15, 0.2) is 0 Å². The summed E-state index contributed by atoms with van der Waals surface area (Å²) in [4.78, 5) is 51.5. The molecule has 0 aliphatic carbocycles. The lowest BCUT2D eigenvalue weighted by atomic mass is 10.2. The van der Waals surface area contributed by atoms with Gasteiger partial charge < -0.3 is 29.7 Å². The highest BCUT2D eigenvalue weighted by molar-refractivity contribution is 5.90. The van der Waals surface area contributed by atoms with Crippen LogP contribution >= 0.6 is 0 Å². The van der Waals surface area contributed by atoms with Crippen molar-refractivity contribution in [2.24, 2.45) is 0 Å². The Hall–Kier alpha value is -3.56. The second kappa shape index (κ2) is 12.6. The van der Waals surface area contributed by atoms with Gasteiger partial charge in [0.1, 0.15) is 30.9 Å². The molecule has 1 aromatic carbocycles. The number of nitrogens with one attached hydrogen (secondary N) is 2. The molecular weight excluding hydrogens is 442 g/mol. The number of ether oxygens (including phenoxy) is 3. The first-order chi connectivity index (χ1) is 16.1. The van der Waals surface area contributed by atoms with Gasteiger partial charge in [0.05, 0.1) is 6.54 Å². The largest absolute Gasteiger partial charge is 0.460 e. The van der Waals surface area contributed by atoms with E-state index in [1.54, 1.807) is 20.8 Å². The molecule has 10 nitrogen and oxygen atoms in total. The Morgan fingerprint density at radius 1 is 1.15 bits per heavy atom. The van der Waals surface area contributed by atoms with E-state index in [1.165, 1.54) is 11.0 Å². The number of hydrogen-bond acceptors (Lipinski definition) is 7. The summed E-state index contributed by atoms with van der Waals surface area (Å²) in [7, 11) is 0. The fraction of sp³-hybridized carbons (Fsp3) is 0.500. The SMILES string of the molecule is C=CCOC(=O)C1CCCN1C(=O)[C@H](CNC(=O)OCc1ccccc1)NC(=O)OC(C)(C)C. The molecule has 1 saturated heterocycles. The average molecular weight is 476 g/mol. The maximum absolute atomic E-state index is 13.3. The zero-order valence-corrected chi connectivity index (χ0v) is 19.9. The highest BCUT2D eigenvalue weighted by Gasteiger charge is 2.39. The molecule has 34 heavy (non-hydrogen) atoms. The topological polar surface area (TPSA) is 123 Å². The van der Waals surface area contributed by atoms with Crippen molar-refractivity contribution in [1.82, 2.24) is 15.5 Å². The van der Waals surface area contributed by atoms with Crippen LogP contribution in [0.3, 0.4) is 0 Å². The summed E-state index contributed by atoms with van der Waals surface area (Å²) in [5.41, 5.74) is 0.0137. The fourth-order valence-electron chi connectivity index (χ4n) is 3.32. The summed E-state index contributed by atoms with van der Waals surface area (Å²) in [5, 5.41) is 4.99. The average Bonchev–Trinajstić information content (AvgIpc) is 3.28. The molecule has 0 radical (unpaired) electrons. The van der Waals surface area contributed by atoms with Crippen LogP contribution in [0.4, 0.5) is 9.59 Å². The molecule has 1 aromatic rings. The summed E-state index contributed by atoms with van der Waals surface area (Å²) < 4.78 is 15.5. The highest BCUT2D eigenvalue weighted by atomic mass is 16.6. The number of amides is 3. The van der Waals surface area contributed by atoms with Crippen molar-refractivity contribution in [2.45, 2.75) is 57.9 Å². The minimum Gasteiger partial charge on any atom is -0.460 e. The summed E-state index contributed by atoms with van der Waals surface area (Å²) in [6, 6.07) is 7.16. The lowest BCUT2D eigenvalue weighted by Crippen LogP contribution is -2.56. The monoisotopic (exact) mass is 475 g/mol. The van der Waals surface area contributed by atoms with Gasteiger partial charge in [0.25, 0.3) is 0 Å². The zero-order chi connectivity index (χ0) is 25.1. The Labute approximate surface area is 199 Å². The molecule has 2 rings (SSSR count). The van der Waals surface area contributed by atoms with E-state index < -0.39 is 41.7 Å². The van der Waals surface area contributed by atoms with Crippen molar-refractivity contribution in [1.29, 1.82) is 0 Å². The Kier molecular flexibility index (Phi) is 9.91. The van der Waals surface area contributed by atoms with Gasteiger partial charge in [-0.25, -0.2) is 14.4 Å². The van der Waals surface area contributed by atoms with Crippen LogP contribution in [0.2, 0.25) is 0 Å². The van der Waals surface area contributed by atoms with Crippen molar-refractivity contribution < 1.29 is 33.4 Å².